The van der Waals surface area contributed by atoms with Crippen molar-refractivity contribution in [2.75, 3.05) is 11.9 Å². The van der Waals surface area contributed by atoms with E-state index in [1.807, 2.05) is 17.5 Å². The number of anilines is 1. The Morgan fingerprint density at radius 3 is 2.87 bits per heavy atom. The number of alkyl halides is 2. The Hall–Kier alpha value is -3.03. The molecule has 0 radical (unpaired) electrons. The van der Waals surface area contributed by atoms with Gasteiger partial charge in [0.15, 0.2) is 0 Å². The van der Waals surface area contributed by atoms with E-state index in [0.717, 1.165) is 24.2 Å². The predicted molar refractivity (Wildman–Crippen MR) is 114 cm³/mol. The Kier molecular flexibility index (Phi) is 6.15. The minimum absolute atomic E-state index is 0.0807. The molecule has 3 heterocycles. The van der Waals surface area contributed by atoms with Crippen molar-refractivity contribution in [1.82, 2.24) is 14.4 Å². The van der Waals surface area contributed by atoms with Crippen molar-refractivity contribution in [3.8, 4) is 5.75 Å². The first-order chi connectivity index (χ1) is 14.9. The van der Waals surface area contributed by atoms with Crippen molar-refractivity contribution < 1.29 is 18.3 Å². The SMILES string of the molecule is CCOc1cc2nc(C3CCCC(C)C3)cn2cc1NC(=O)c1cccc(C(F)F)n1. The molecule has 2 unspecified atom stereocenters. The zero-order chi connectivity index (χ0) is 22.0. The Morgan fingerprint density at radius 1 is 1.29 bits per heavy atom. The number of aromatic nitrogens is 3. The maximum Gasteiger partial charge on any atom is 0.280 e. The van der Waals surface area contributed by atoms with E-state index in [-0.39, 0.29) is 5.69 Å². The van der Waals surface area contributed by atoms with Gasteiger partial charge in [0.1, 0.15) is 28.5 Å². The highest BCUT2D eigenvalue weighted by Crippen LogP contribution is 2.36. The van der Waals surface area contributed by atoms with E-state index in [0.29, 0.717) is 29.9 Å². The highest BCUT2D eigenvalue weighted by molar-refractivity contribution is 6.03. The molecule has 2 atom stereocenters. The maximum atomic E-state index is 12.9. The molecular weight excluding hydrogens is 402 g/mol. The summed E-state index contributed by atoms with van der Waals surface area (Å²) in [5.41, 5.74) is 1.71. The first-order valence-electron chi connectivity index (χ1n) is 10.7. The monoisotopic (exact) mass is 428 g/mol. The third-order valence-electron chi connectivity index (χ3n) is 5.70. The molecule has 6 nitrogen and oxygen atoms in total. The molecule has 1 amide bonds. The number of ether oxygens (including phenoxy) is 1. The number of nitrogens with one attached hydrogen (secondary N) is 1. The maximum absolute atomic E-state index is 12.9. The summed E-state index contributed by atoms with van der Waals surface area (Å²) in [6, 6.07) is 5.78. The van der Waals surface area contributed by atoms with E-state index in [1.165, 1.54) is 31.0 Å². The van der Waals surface area contributed by atoms with Gasteiger partial charge in [-0.1, -0.05) is 25.8 Å². The van der Waals surface area contributed by atoms with Crippen LogP contribution in [0, 0.1) is 5.92 Å². The predicted octanol–water partition coefficient (Wildman–Crippen LogP) is 5.61. The molecule has 1 N–H and O–H groups in total. The van der Waals surface area contributed by atoms with Crippen LogP contribution in [0.2, 0.25) is 0 Å². The normalized spacial score (nSPS) is 19.0. The second-order valence-electron chi connectivity index (χ2n) is 8.09. The molecule has 4 rings (SSSR count). The van der Waals surface area contributed by atoms with E-state index in [4.69, 9.17) is 9.72 Å². The van der Waals surface area contributed by atoms with E-state index in [1.54, 1.807) is 12.3 Å². The van der Waals surface area contributed by atoms with Crippen LogP contribution in [-0.2, 0) is 0 Å². The van der Waals surface area contributed by atoms with Crippen LogP contribution in [0.4, 0.5) is 14.5 Å². The molecule has 0 spiro atoms. The highest BCUT2D eigenvalue weighted by atomic mass is 19.3. The van der Waals surface area contributed by atoms with Crippen molar-refractivity contribution in [3.05, 3.63) is 53.7 Å². The summed E-state index contributed by atoms with van der Waals surface area (Å²) in [5.74, 6) is 1.01. The molecule has 0 aliphatic heterocycles. The van der Waals surface area contributed by atoms with Crippen LogP contribution in [0.1, 0.15) is 73.8 Å². The van der Waals surface area contributed by atoms with Crippen LogP contribution >= 0.6 is 0 Å². The summed E-state index contributed by atoms with van der Waals surface area (Å²) in [5, 5.41) is 2.75. The average molecular weight is 428 g/mol. The zero-order valence-corrected chi connectivity index (χ0v) is 17.6. The van der Waals surface area contributed by atoms with Gasteiger partial charge in [0.25, 0.3) is 12.3 Å². The van der Waals surface area contributed by atoms with Gasteiger partial charge in [-0.3, -0.25) is 4.79 Å². The van der Waals surface area contributed by atoms with E-state index in [2.05, 4.69) is 17.2 Å². The zero-order valence-electron chi connectivity index (χ0n) is 17.6. The van der Waals surface area contributed by atoms with E-state index >= 15 is 0 Å². The summed E-state index contributed by atoms with van der Waals surface area (Å²) in [6.07, 6.45) is 5.72. The molecule has 3 aromatic heterocycles. The highest BCUT2D eigenvalue weighted by Gasteiger charge is 2.23. The summed E-state index contributed by atoms with van der Waals surface area (Å²) in [4.78, 5) is 21.2. The lowest BCUT2D eigenvalue weighted by molar-refractivity contribution is 0.101. The Morgan fingerprint density at radius 2 is 2.13 bits per heavy atom. The van der Waals surface area contributed by atoms with Gasteiger partial charge in [0.2, 0.25) is 0 Å². The molecular formula is C23H26F2N4O2. The van der Waals surface area contributed by atoms with Gasteiger partial charge in [-0.25, -0.2) is 18.7 Å². The fourth-order valence-electron chi connectivity index (χ4n) is 4.19. The summed E-state index contributed by atoms with van der Waals surface area (Å²) >= 11 is 0. The molecule has 1 aliphatic carbocycles. The Balaban J connectivity index is 1.63. The molecule has 0 bridgehead atoms. The number of carbonyl (C=O) groups is 1. The van der Waals surface area contributed by atoms with Crippen LogP contribution in [0.15, 0.2) is 36.7 Å². The molecule has 1 aliphatic rings. The summed E-state index contributed by atoms with van der Waals surface area (Å²) in [7, 11) is 0. The van der Waals surface area contributed by atoms with Crippen LogP contribution in [-0.4, -0.2) is 26.9 Å². The van der Waals surface area contributed by atoms with Gasteiger partial charge >= 0.3 is 0 Å². The van der Waals surface area contributed by atoms with Crippen molar-refractivity contribution in [2.45, 2.75) is 51.9 Å². The summed E-state index contributed by atoms with van der Waals surface area (Å²) < 4.78 is 33.4. The second kappa shape index (κ2) is 8.99. The van der Waals surface area contributed by atoms with Gasteiger partial charge in [0, 0.05) is 24.4 Å². The number of hydrogen-bond donors (Lipinski definition) is 1. The molecule has 8 heteroatoms. The van der Waals surface area contributed by atoms with Gasteiger partial charge < -0.3 is 14.5 Å². The standard InChI is InChI=1S/C23H26F2N4O2/c1-3-31-20-11-21-27-18(15-7-4-6-14(2)10-15)12-29(21)13-19(20)28-23(30)17-9-5-8-16(26-17)22(24)25/h5,8-9,11-15,22H,3-4,6-7,10H2,1-2H3,(H,28,30). The van der Waals surface area contributed by atoms with Crippen molar-refractivity contribution in [1.29, 1.82) is 0 Å². The fraction of sp³-hybridized carbons (Fsp3) is 0.435. The topological polar surface area (TPSA) is 68.5 Å². The lowest BCUT2D eigenvalue weighted by Crippen LogP contribution is -2.16. The van der Waals surface area contributed by atoms with Crippen molar-refractivity contribution >= 4 is 17.2 Å². The number of amides is 1. The minimum Gasteiger partial charge on any atom is -0.491 e. The Bertz CT molecular complexity index is 1080. The van der Waals surface area contributed by atoms with Gasteiger partial charge in [-0.05, 0) is 37.8 Å². The number of fused-ring (bicyclic) bond motifs is 1. The lowest BCUT2D eigenvalue weighted by atomic mass is 9.81. The van der Waals surface area contributed by atoms with Crippen molar-refractivity contribution in [2.24, 2.45) is 5.92 Å². The lowest BCUT2D eigenvalue weighted by Gasteiger charge is -2.25. The van der Waals surface area contributed by atoms with Crippen LogP contribution < -0.4 is 10.1 Å². The molecule has 0 aromatic carbocycles. The molecule has 164 valence electrons. The first-order valence-corrected chi connectivity index (χ1v) is 10.7. The largest absolute Gasteiger partial charge is 0.491 e. The third kappa shape index (κ3) is 4.68. The number of imidazole rings is 1. The number of carbonyl (C=O) groups excluding carboxylic acids is 1. The number of pyridine rings is 2. The molecule has 3 aromatic rings. The number of hydrogen-bond acceptors (Lipinski definition) is 4. The quantitative estimate of drug-likeness (QED) is 0.554. The van der Waals surface area contributed by atoms with Gasteiger partial charge in [-0.15, -0.1) is 0 Å². The van der Waals surface area contributed by atoms with E-state index < -0.39 is 18.0 Å². The fourth-order valence-corrected chi connectivity index (χ4v) is 4.19. The van der Waals surface area contributed by atoms with Crippen LogP contribution in [0.25, 0.3) is 5.65 Å². The minimum atomic E-state index is -2.74. The van der Waals surface area contributed by atoms with E-state index in [9.17, 15) is 13.6 Å². The first kappa shape index (κ1) is 21.2. The number of halogens is 2. The smallest absolute Gasteiger partial charge is 0.280 e. The second-order valence-corrected chi connectivity index (χ2v) is 8.09. The molecule has 0 saturated heterocycles. The van der Waals surface area contributed by atoms with Crippen molar-refractivity contribution in [3.63, 3.8) is 0 Å². The average Bonchev–Trinajstić information content (AvgIpc) is 3.17. The Labute approximate surface area is 179 Å². The van der Waals surface area contributed by atoms with Gasteiger partial charge in [-0.2, -0.15) is 0 Å². The third-order valence-corrected chi connectivity index (χ3v) is 5.70. The number of nitrogens with zero attached hydrogens (tertiary/aromatic N) is 3. The van der Waals surface area contributed by atoms with Crippen LogP contribution in [0.3, 0.4) is 0 Å². The number of rotatable bonds is 6. The molecule has 1 fully saturated rings. The summed E-state index contributed by atoms with van der Waals surface area (Å²) in [6.45, 7) is 4.54. The van der Waals surface area contributed by atoms with Gasteiger partial charge in [0.05, 0.1) is 12.3 Å². The molecule has 1 saturated carbocycles. The van der Waals surface area contributed by atoms with Crippen LogP contribution in [0.5, 0.6) is 5.75 Å². The molecule has 31 heavy (non-hydrogen) atoms.